The Hall–Kier alpha value is -3.22. The zero-order valence-electron chi connectivity index (χ0n) is 14.0. The molecule has 0 N–H and O–H groups in total. The molecular formula is C19H17FN4O2. The first-order chi connectivity index (χ1) is 12.7. The Morgan fingerprint density at radius 3 is 2.69 bits per heavy atom. The number of benzene rings is 2. The van der Waals surface area contributed by atoms with Crippen LogP contribution in [0.3, 0.4) is 0 Å². The molecule has 0 radical (unpaired) electrons. The van der Waals surface area contributed by atoms with Crippen LogP contribution in [0.4, 0.5) is 10.3 Å². The summed E-state index contributed by atoms with van der Waals surface area (Å²) in [5, 5.41) is 3.99. The molecule has 0 unspecified atom stereocenters. The Labute approximate surface area is 149 Å². The van der Waals surface area contributed by atoms with Crippen LogP contribution in [0, 0.1) is 5.82 Å². The average molecular weight is 352 g/mol. The number of aromatic nitrogens is 2. The van der Waals surface area contributed by atoms with E-state index in [4.69, 9.17) is 4.52 Å². The van der Waals surface area contributed by atoms with Gasteiger partial charge < -0.3 is 14.3 Å². The fraction of sp³-hybridized carbons (Fsp3) is 0.211. The predicted octanol–water partition coefficient (Wildman–Crippen LogP) is 2.72. The van der Waals surface area contributed by atoms with Crippen LogP contribution in [-0.2, 0) is 11.3 Å². The van der Waals surface area contributed by atoms with E-state index in [2.05, 4.69) is 10.1 Å². The summed E-state index contributed by atoms with van der Waals surface area (Å²) in [6.45, 7) is 1.67. The lowest BCUT2D eigenvalue weighted by molar-refractivity contribution is -0.131. The Balaban J connectivity index is 1.42. The number of halogens is 1. The summed E-state index contributed by atoms with van der Waals surface area (Å²) in [6.07, 6.45) is 0. The number of amides is 1. The van der Waals surface area contributed by atoms with Crippen LogP contribution in [0.25, 0.3) is 11.5 Å². The lowest BCUT2D eigenvalue weighted by atomic mass is 10.2. The lowest BCUT2D eigenvalue weighted by Crippen LogP contribution is -2.50. The molecule has 2 aromatic carbocycles. The Morgan fingerprint density at radius 1 is 1.08 bits per heavy atom. The molecule has 4 rings (SSSR count). The van der Waals surface area contributed by atoms with Crippen LogP contribution in [0.1, 0.15) is 5.56 Å². The first kappa shape index (κ1) is 16.3. The number of hydrogen-bond acceptors (Lipinski definition) is 5. The number of piperazine rings is 1. The molecule has 0 spiro atoms. The quantitative estimate of drug-likeness (QED) is 0.722. The summed E-state index contributed by atoms with van der Waals surface area (Å²) in [4.78, 5) is 20.3. The van der Waals surface area contributed by atoms with Crippen LogP contribution < -0.4 is 4.90 Å². The van der Waals surface area contributed by atoms with E-state index in [1.807, 2.05) is 36.4 Å². The molecule has 3 aromatic rings. The van der Waals surface area contributed by atoms with Crippen molar-refractivity contribution in [2.45, 2.75) is 6.54 Å². The molecule has 1 saturated heterocycles. The number of rotatable bonds is 4. The standard InChI is InChI=1S/C19H17FN4O2/c20-16-8-4-5-14(11-16)12-23-9-10-24(13-17(23)25)19-21-18(26-22-19)15-6-2-1-3-7-15/h1-8,11H,9-10,12-13H2. The summed E-state index contributed by atoms with van der Waals surface area (Å²) < 4.78 is 18.6. The second kappa shape index (κ2) is 6.95. The number of hydrogen-bond donors (Lipinski definition) is 0. The maximum absolute atomic E-state index is 13.3. The third kappa shape index (κ3) is 3.42. The van der Waals surface area contributed by atoms with Crippen molar-refractivity contribution in [3.05, 3.63) is 66.0 Å². The molecule has 1 amide bonds. The second-order valence-electron chi connectivity index (χ2n) is 6.13. The molecule has 0 atom stereocenters. The molecule has 1 aromatic heterocycles. The largest absolute Gasteiger partial charge is 0.335 e. The molecule has 1 aliphatic rings. The van der Waals surface area contributed by atoms with Gasteiger partial charge in [-0.05, 0) is 35.0 Å². The Bertz CT molecular complexity index is 913. The van der Waals surface area contributed by atoms with E-state index in [9.17, 15) is 9.18 Å². The third-order valence-electron chi connectivity index (χ3n) is 4.30. The fourth-order valence-corrected chi connectivity index (χ4v) is 2.94. The van der Waals surface area contributed by atoms with E-state index in [0.717, 1.165) is 11.1 Å². The molecule has 26 heavy (non-hydrogen) atoms. The summed E-state index contributed by atoms with van der Waals surface area (Å²) >= 11 is 0. The number of carbonyl (C=O) groups is 1. The average Bonchev–Trinajstić information content (AvgIpc) is 3.14. The van der Waals surface area contributed by atoms with E-state index in [-0.39, 0.29) is 18.3 Å². The second-order valence-corrected chi connectivity index (χ2v) is 6.13. The van der Waals surface area contributed by atoms with E-state index in [0.29, 0.717) is 31.5 Å². The van der Waals surface area contributed by atoms with Crippen molar-refractivity contribution < 1.29 is 13.7 Å². The highest BCUT2D eigenvalue weighted by molar-refractivity contribution is 5.82. The van der Waals surface area contributed by atoms with Crippen LogP contribution >= 0.6 is 0 Å². The molecular weight excluding hydrogens is 335 g/mol. The molecule has 7 heteroatoms. The highest BCUT2D eigenvalue weighted by atomic mass is 19.1. The van der Waals surface area contributed by atoms with E-state index >= 15 is 0 Å². The van der Waals surface area contributed by atoms with Crippen LogP contribution in [-0.4, -0.2) is 40.6 Å². The number of nitrogens with zero attached hydrogens (tertiary/aromatic N) is 4. The maximum atomic E-state index is 13.3. The number of carbonyl (C=O) groups excluding carboxylic acids is 1. The Morgan fingerprint density at radius 2 is 1.92 bits per heavy atom. The highest BCUT2D eigenvalue weighted by Crippen LogP contribution is 2.21. The van der Waals surface area contributed by atoms with Gasteiger partial charge in [-0.25, -0.2) is 4.39 Å². The normalized spacial score (nSPS) is 14.7. The third-order valence-corrected chi connectivity index (χ3v) is 4.30. The van der Waals surface area contributed by atoms with Crippen molar-refractivity contribution >= 4 is 11.9 Å². The molecule has 1 fully saturated rings. The van der Waals surface area contributed by atoms with Crippen molar-refractivity contribution in [3.63, 3.8) is 0 Å². The molecule has 1 aliphatic heterocycles. The van der Waals surface area contributed by atoms with Gasteiger partial charge in [0.2, 0.25) is 5.91 Å². The topological polar surface area (TPSA) is 62.5 Å². The molecule has 0 saturated carbocycles. The SMILES string of the molecule is O=C1CN(c2noc(-c3ccccc3)n2)CCN1Cc1cccc(F)c1. The zero-order valence-corrected chi connectivity index (χ0v) is 14.0. The minimum absolute atomic E-state index is 0.0495. The summed E-state index contributed by atoms with van der Waals surface area (Å²) in [5.74, 6) is 0.484. The lowest BCUT2D eigenvalue weighted by Gasteiger charge is -2.33. The van der Waals surface area contributed by atoms with Crippen molar-refractivity contribution in [1.82, 2.24) is 15.0 Å². The van der Waals surface area contributed by atoms with Crippen molar-refractivity contribution in [3.8, 4) is 11.5 Å². The smallest absolute Gasteiger partial charge is 0.266 e. The van der Waals surface area contributed by atoms with Gasteiger partial charge >= 0.3 is 0 Å². The molecule has 0 aliphatic carbocycles. The van der Waals surface area contributed by atoms with Crippen LogP contribution in [0.2, 0.25) is 0 Å². The van der Waals surface area contributed by atoms with Gasteiger partial charge in [0.25, 0.3) is 11.8 Å². The van der Waals surface area contributed by atoms with Crippen molar-refractivity contribution in [2.75, 3.05) is 24.5 Å². The minimum atomic E-state index is -0.297. The highest BCUT2D eigenvalue weighted by Gasteiger charge is 2.27. The number of anilines is 1. The molecule has 2 heterocycles. The molecule has 6 nitrogen and oxygen atoms in total. The Kier molecular flexibility index (Phi) is 4.35. The summed E-state index contributed by atoms with van der Waals surface area (Å²) in [5.41, 5.74) is 1.61. The molecule has 132 valence electrons. The first-order valence-corrected chi connectivity index (χ1v) is 8.35. The first-order valence-electron chi connectivity index (χ1n) is 8.35. The fourth-order valence-electron chi connectivity index (χ4n) is 2.94. The van der Waals surface area contributed by atoms with Gasteiger partial charge in [-0.15, -0.1) is 0 Å². The maximum Gasteiger partial charge on any atom is 0.266 e. The van der Waals surface area contributed by atoms with Gasteiger partial charge in [0.15, 0.2) is 0 Å². The van der Waals surface area contributed by atoms with Gasteiger partial charge in [-0.3, -0.25) is 4.79 Å². The van der Waals surface area contributed by atoms with Crippen molar-refractivity contribution in [1.29, 1.82) is 0 Å². The summed E-state index contributed by atoms with van der Waals surface area (Å²) in [7, 11) is 0. The van der Waals surface area contributed by atoms with Gasteiger partial charge in [0.05, 0.1) is 0 Å². The van der Waals surface area contributed by atoms with Gasteiger partial charge in [0.1, 0.15) is 12.4 Å². The van der Waals surface area contributed by atoms with Crippen LogP contribution in [0.5, 0.6) is 0 Å². The van der Waals surface area contributed by atoms with Crippen LogP contribution in [0.15, 0.2) is 59.1 Å². The van der Waals surface area contributed by atoms with E-state index in [1.165, 1.54) is 12.1 Å². The van der Waals surface area contributed by atoms with E-state index < -0.39 is 0 Å². The summed E-state index contributed by atoms with van der Waals surface area (Å²) in [6, 6.07) is 15.8. The van der Waals surface area contributed by atoms with E-state index in [1.54, 1.807) is 15.9 Å². The monoisotopic (exact) mass is 352 g/mol. The van der Waals surface area contributed by atoms with Crippen molar-refractivity contribution in [2.24, 2.45) is 0 Å². The minimum Gasteiger partial charge on any atom is -0.335 e. The van der Waals surface area contributed by atoms with Gasteiger partial charge in [0, 0.05) is 25.2 Å². The predicted molar refractivity (Wildman–Crippen MR) is 93.8 cm³/mol. The van der Waals surface area contributed by atoms with Gasteiger partial charge in [-0.2, -0.15) is 4.98 Å². The zero-order chi connectivity index (χ0) is 17.9. The molecule has 0 bridgehead atoms. The van der Waals surface area contributed by atoms with Gasteiger partial charge in [-0.1, -0.05) is 30.3 Å².